The standard InChI is InChI=1S/C15H28N2O2/c1-6-11(3)12(16-7-2)10-17-13(18)8-15(4,5)9-14(17)19/h11-12,16H,6-10H2,1-5H3. The Morgan fingerprint density at radius 2 is 1.74 bits per heavy atom. The summed E-state index contributed by atoms with van der Waals surface area (Å²) in [5.41, 5.74) is -0.186. The van der Waals surface area contributed by atoms with Crippen LogP contribution in [0.25, 0.3) is 0 Å². The van der Waals surface area contributed by atoms with Gasteiger partial charge in [0.25, 0.3) is 0 Å². The van der Waals surface area contributed by atoms with Crippen LogP contribution in [-0.4, -0.2) is 35.8 Å². The lowest BCUT2D eigenvalue weighted by Gasteiger charge is -2.37. The zero-order chi connectivity index (χ0) is 14.6. The third-order valence-corrected chi connectivity index (χ3v) is 4.04. The highest BCUT2D eigenvalue weighted by molar-refractivity contribution is 5.98. The summed E-state index contributed by atoms with van der Waals surface area (Å²) in [4.78, 5) is 25.8. The molecule has 1 fully saturated rings. The molecule has 4 heteroatoms. The maximum atomic E-state index is 12.1. The minimum atomic E-state index is -0.186. The highest BCUT2D eigenvalue weighted by Crippen LogP contribution is 2.31. The largest absolute Gasteiger partial charge is 0.312 e. The zero-order valence-electron chi connectivity index (χ0n) is 13.0. The van der Waals surface area contributed by atoms with Crippen LogP contribution in [0.1, 0.15) is 53.9 Å². The second kappa shape index (κ2) is 6.51. The van der Waals surface area contributed by atoms with Gasteiger partial charge in [0.1, 0.15) is 0 Å². The minimum Gasteiger partial charge on any atom is -0.312 e. The van der Waals surface area contributed by atoms with Gasteiger partial charge in [0.05, 0.1) is 0 Å². The maximum absolute atomic E-state index is 12.1. The third kappa shape index (κ3) is 4.30. The van der Waals surface area contributed by atoms with E-state index in [0.29, 0.717) is 25.3 Å². The first-order chi connectivity index (χ1) is 8.80. The van der Waals surface area contributed by atoms with E-state index in [9.17, 15) is 9.59 Å². The van der Waals surface area contributed by atoms with Gasteiger partial charge in [-0.15, -0.1) is 0 Å². The number of likely N-dealkylation sites (N-methyl/N-ethyl adjacent to an activating group) is 1. The van der Waals surface area contributed by atoms with Crippen LogP contribution in [0.3, 0.4) is 0 Å². The number of piperidine rings is 1. The molecular formula is C15H28N2O2. The first kappa shape index (κ1) is 16.2. The van der Waals surface area contributed by atoms with E-state index in [0.717, 1.165) is 13.0 Å². The van der Waals surface area contributed by atoms with Crippen molar-refractivity contribution in [3.63, 3.8) is 0 Å². The monoisotopic (exact) mass is 268 g/mol. The SMILES string of the molecule is CCNC(CN1C(=O)CC(C)(C)CC1=O)C(C)CC. The first-order valence-corrected chi connectivity index (χ1v) is 7.37. The minimum absolute atomic E-state index is 0.0209. The molecule has 2 unspecified atom stereocenters. The molecule has 1 aliphatic rings. The fourth-order valence-electron chi connectivity index (χ4n) is 2.60. The Morgan fingerprint density at radius 1 is 1.21 bits per heavy atom. The summed E-state index contributed by atoms with van der Waals surface area (Å²) in [5, 5.41) is 3.40. The lowest BCUT2D eigenvalue weighted by molar-refractivity contribution is -0.153. The van der Waals surface area contributed by atoms with Crippen molar-refractivity contribution in [1.82, 2.24) is 10.2 Å². The van der Waals surface area contributed by atoms with Crippen LogP contribution in [0.2, 0.25) is 0 Å². The summed E-state index contributed by atoms with van der Waals surface area (Å²) in [6.07, 6.45) is 1.98. The molecule has 0 aromatic rings. The van der Waals surface area contributed by atoms with Gasteiger partial charge < -0.3 is 5.32 Å². The molecule has 4 nitrogen and oxygen atoms in total. The normalized spacial score (nSPS) is 22.5. The summed E-state index contributed by atoms with van der Waals surface area (Å²) in [6, 6.07) is 0.198. The molecule has 1 heterocycles. The molecule has 1 saturated heterocycles. The topological polar surface area (TPSA) is 49.4 Å². The summed E-state index contributed by atoms with van der Waals surface area (Å²) in [5.74, 6) is 0.412. The second-order valence-corrected chi connectivity index (χ2v) is 6.47. The van der Waals surface area contributed by atoms with E-state index >= 15 is 0 Å². The predicted molar refractivity (Wildman–Crippen MR) is 76.7 cm³/mol. The van der Waals surface area contributed by atoms with E-state index in [2.05, 4.69) is 26.1 Å². The number of amides is 2. The number of imide groups is 1. The maximum Gasteiger partial charge on any atom is 0.229 e. The van der Waals surface area contributed by atoms with Crippen LogP contribution in [0, 0.1) is 11.3 Å². The fourth-order valence-corrected chi connectivity index (χ4v) is 2.60. The molecule has 0 radical (unpaired) electrons. The van der Waals surface area contributed by atoms with Gasteiger partial charge >= 0.3 is 0 Å². The van der Waals surface area contributed by atoms with Crippen LogP contribution < -0.4 is 5.32 Å². The Hall–Kier alpha value is -0.900. The van der Waals surface area contributed by atoms with Crippen molar-refractivity contribution in [3.8, 4) is 0 Å². The quantitative estimate of drug-likeness (QED) is 0.751. The number of hydrogen-bond acceptors (Lipinski definition) is 3. The highest BCUT2D eigenvalue weighted by Gasteiger charge is 2.38. The molecule has 1 N–H and O–H groups in total. The van der Waals surface area contributed by atoms with Crippen molar-refractivity contribution in [2.24, 2.45) is 11.3 Å². The first-order valence-electron chi connectivity index (χ1n) is 7.37. The van der Waals surface area contributed by atoms with Gasteiger partial charge in [0.15, 0.2) is 0 Å². The van der Waals surface area contributed by atoms with Gasteiger partial charge in [0, 0.05) is 25.4 Å². The Morgan fingerprint density at radius 3 is 2.16 bits per heavy atom. The van der Waals surface area contributed by atoms with Crippen LogP contribution >= 0.6 is 0 Å². The van der Waals surface area contributed by atoms with Crippen LogP contribution in [0.15, 0.2) is 0 Å². The molecule has 19 heavy (non-hydrogen) atoms. The summed E-state index contributed by atoms with van der Waals surface area (Å²) >= 11 is 0. The Kier molecular flexibility index (Phi) is 5.53. The van der Waals surface area contributed by atoms with E-state index < -0.39 is 0 Å². The molecule has 2 atom stereocenters. The van der Waals surface area contributed by atoms with Crippen molar-refractivity contribution >= 4 is 11.8 Å². The van der Waals surface area contributed by atoms with E-state index in [1.807, 2.05) is 13.8 Å². The molecule has 0 bridgehead atoms. The number of nitrogens with zero attached hydrogens (tertiary/aromatic N) is 1. The van der Waals surface area contributed by atoms with E-state index in [1.54, 1.807) is 0 Å². The van der Waals surface area contributed by atoms with E-state index in [4.69, 9.17) is 0 Å². The molecule has 2 amide bonds. The van der Waals surface area contributed by atoms with Gasteiger partial charge in [-0.05, 0) is 17.9 Å². The molecule has 1 aliphatic heterocycles. The molecule has 110 valence electrons. The second-order valence-electron chi connectivity index (χ2n) is 6.47. The smallest absolute Gasteiger partial charge is 0.229 e. The molecule has 0 spiro atoms. The van der Waals surface area contributed by atoms with Crippen molar-refractivity contribution in [2.45, 2.75) is 59.9 Å². The Bertz CT molecular complexity index is 319. The zero-order valence-corrected chi connectivity index (χ0v) is 13.0. The van der Waals surface area contributed by atoms with Crippen LogP contribution in [0.4, 0.5) is 0 Å². The molecule has 0 aliphatic carbocycles. The summed E-state index contributed by atoms with van der Waals surface area (Å²) in [6.45, 7) is 11.7. The van der Waals surface area contributed by atoms with E-state index in [1.165, 1.54) is 4.90 Å². The highest BCUT2D eigenvalue weighted by atomic mass is 16.2. The lowest BCUT2D eigenvalue weighted by Crippen LogP contribution is -2.53. The Balaban J connectivity index is 2.73. The van der Waals surface area contributed by atoms with Crippen molar-refractivity contribution < 1.29 is 9.59 Å². The number of carbonyl (C=O) groups excluding carboxylic acids is 2. The molecule has 0 saturated carbocycles. The van der Waals surface area contributed by atoms with Gasteiger partial charge in [0.2, 0.25) is 11.8 Å². The van der Waals surface area contributed by atoms with Crippen molar-refractivity contribution in [3.05, 3.63) is 0 Å². The van der Waals surface area contributed by atoms with Gasteiger partial charge in [-0.2, -0.15) is 0 Å². The summed E-state index contributed by atoms with van der Waals surface area (Å²) < 4.78 is 0. The number of carbonyl (C=O) groups is 2. The van der Waals surface area contributed by atoms with Gasteiger partial charge in [-0.3, -0.25) is 14.5 Å². The van der Waals surface area contributed by atoms with Crippen LogP contribution in [-0.2, 0) is 9.59 Å². The summed E-state index contributed by atoms with van der Waals surface area (Å²) in [7, 11) is 0. The predicted octanol–water partition coefficient (Wildman–Crippen LogP) is 2.19. The molecule has 0 aromatic heterocycles. The van der Waals surface area contributed by atoms with Crippen molar-refractivity contribution in [1.29, 1.82) is 0 Å². The molecule has 1 rings (SSSR count). The number of nitrogens with one attached hydrogen (secondary N) is 1. The number of hydrogen-bond donors (Lipinski definition) is 1. The average Bonchev–Trinajstić information content (AvgIpc) is 2.30. The van der Waals surface area contributed by atoms with Gasteiger partial charge in [-0.25, -0.2) is 0 Å². The Labute approximate surface area is 116 Å². The molecular weight excluding hydrogens is 240 g/mol. The molecule has 0 aromatic carbocycles. The number of rotatable bonds is 6. The number of likely N-dealkylation sites (tertiary alicyclic amines) is 1. The van der Waals surface area contributed by atoms with Gasteiger partial charge in [-0.1, -0.05) is 41.0 Å². The van der Waals surface area contributed by atoms with Crippen molar-refractivity contribution in [2.75, 3.05) is 13.1 Å². The van der Waals surface area contributed by atoms with E-state index in [-0.39, 0.29) is 23.3 Å². The lowest BCUT2D eigenvalue weighted by atomic mass is 9.81. The fraction of sp³-hybridized carbons (Fsp3) is 0.867. The van der Waals surface area contributed by atoms with Crippen LogP contribution in [0.5, 0.6) is 0 Å². The average molecular weight is 268 g/mol. The third-order valence-electron chi connectivity index (χ3n) is 4.04.